The number of non-ortho nitro benzene ring substituents is 1. The third kappa shape index (κ3) is 5.17. The van der Waals surface area contributed by atoms with Gasteiger partial charge >= 0.3 is 0 Å². The summed E-state index contributed by atoms with van der Waals surface area (Å²) in [5.74, 6) is 1.52. The number of furan rings is 1. The Morgan fingerprint density at radius 2 is 2.04 bits per heavy atom. The summed E-state index contributed by atoms with van der Waals surface area (Å²) in [6.07, 6.45) is 3.67. The van der Waals surface area contributed by atoms with Gasteiger partial charge in [-0.15, -0.1) is 0 Å². The lowest BCUT2D eigenvalue weighted by Gasteiger charge is -2.35. The van der Waals surface area contributed by atoms with Gasteiger partial charge in [0.25, 0.3) is 5.69 Å². The van der Waals surface area contributed by atoms with Crippen LogP contribution >= 0.6 is 0 Å². The Labute approximate surface area is 163 Å². The van der Waals surface area contributed by atoms with Crippen molar-refractivity contribution in [2.75, 3.05) is 19.6 Å². The molecular weight excluding hydrogens is 360 g/mol. The molecule has 1 fully saturated rings. The van der Waals surface area contributed by atoms with Crippen molar-refractivity contribution in [1.29, 1.82) is 0 Å². The number of nitro benzene ring substituents is 1. The highest BCUT2D eigenvalue weighted by atomic mass is 16.6. The summed E-state index contributed by atoms with van der Waals surface area (Å²) in [5.41, 5.74) is 6.29. The second-order valence-corrected chi connectivity index (χ2v) is 7.03. The Bertz CT molecular complexity index is 803. The Balaban J connectivity index is 1.62. The summed E-state index contributed by atoms with van der Waals surface area (Å²) >= 11 is 0. The van der Waals surface area contributed by atoms with E-state index in [1.165, 1.54) is 12.1 Å². The van der Waals surface area contributed by atoms with Crippen LogP contribution in [0.5, 0.6) is 0 Å². The molecule has 0 spiro atoms. The molecule has 1 aliphatic heterocycles. The number of hydrogen-bond donors (Lipinski definition) is 2. The van der Waals surface area contributed by atoms with Crippen LogP contribution in [-0.2, 0) is 11.3 Å². The molecule has 8 heteroatoms. The van der Waals surface area contributed by atoms with Gasteiger partial charge in [0, 0.05) is 43.2 Å². The SMILES string of the molecule is NCCC(=O)NCC1CCCCN1Cc1ccc(-c2ccc([N+](=O)[O-])cc2)o1. The smallest absolute Gasteiger partial charge is 0.269 e. The number of nitrogens with two attached hydrogens (primary N) is 1. The van der Waals surface area contributed by atoms with Crippen LogP contribution in [0.2, 0.25) is 0 Å². The van der Waals surface area contributed by atoms with Crippen molar-refractivity contribution in [2.45, 2.75) is 38.3 Å². The Hall–Kier alpha value is -2.71. The minimum Gasteiger partial charge on any atom is -0.460 e. The number of carbonyl (C=O) groups is 1. The molecule has 1 aliphatic rings. The molecule has 0 saturated carbocycles. The van der Waals surface area contributed by atoms with Gasteiger partial charge in [0.2, 0.25) is 5.91 Å². The van der Waals surface area contributed by atoms with E-state index in [1.807, 2.05) is 12.1 Å². The maximum atomic E-state index is 11.7. The first-order valence-electron chi connectivity index (χ1n) is 9.61. The zero-order valence-corrected chi connectivity index (χ0v) is 15.8. The van der Waals surface area contributed by atoms with Crippen LogP contribution in [0.15, 0.2) is 40.8 Å². The molecule has 3 N–H and O–H groups in total. The average Bonchev–Trinajstić information content (AvgIpc) is 3.16. The van der Waals surface area contributed by atoms with E-state index in [0.717, 1.165) is 37.1 Å². The van der Waals surface area contributed by atoms with Crippen molar-refractivity contribution in [2.24, 2.45) is 5.73 Å². The second-order valence-electron chi connectivity index (χ2n) is 7.03. The number of hydrogen-bond acceptors (Lipinski definition) is 6. The molecule has 3 rings (SSSR count). The molecule has 0 aliphatic carbocycles. The number of amides is 1. The first-order chi connectivity index (χ1) is 13.6. The van der Waals surface area contributed by atoms with Crippen LogP contribution in [0.1, 0.15) is 31.4 Å². The van der Waals surface area contributed by atoms with E-state index in [0.29, 0.717) is 31.8 Å². The molecule has 28 heavy (non-hydrogen) atoms. The number of rotatable bonds is 8. The van der Waals surface area contributed by atoms with Crippen LogP contribution < -0.4 is 11.1 Å². The minimum atomic E-state index is -0.417. The standard InChI is InChI=1S/C20H26N4O4/c21-11-10-20(25)22-13-17-3-1-2-12-23(17)14-18-8-9-19(28-18)15-4-6-16(7-5-15)24(26)27/h4-9,17H,1-3,10-14,21H2,(H,22,25). The summed E-state index contributed by atoms with van der Waals surface area (Å²) in [7, 11) is 0. The van der Waals surface area contributed by atoms with Crippen molar-refractivity contribution in [1.82, 2.24) is 10.2 Å². The fourth-order valence-electron chi connectivity index (χ4n) is 3.52. The number of piperidine rings is 1. The van der Waals surface area contributed by atoms with Crippen molar-refractivity contribution in [3.05, 3.63) is 52.3 Å². The number of likely N-dealkylation sites (tertiary alicyclic amines) is 1. The van der Waals surface area contributed by atoms with Gasteiger partial charge in [0.05, 0.1) is 11.5 Å². The number of nitrogens with one attached hydrogen (secondary N) is 1. The Morgan fingerprint density at radius 1 is 1.25 bits per heavy atom. The van der Waals surface area contributed by atoms with E-state index in [1.54, 1.807) is 12.1 Å². The highest BCUT2D eigenvalue weighted by Gasteiger charge is 2.24. The van der Waals surface area contributed by atoms with Crippen LogP contribution in [-0.4, -0.2) is 41.4 Å². The van der Waals surface area contributed by atoms with Gasteiger partial charge < -0.3 is 15.5 Å². The predicted molar refractivity (Wildman–Crippen MR) is 106 cm³/mol. The number of carbonyl (C=O) groups excluding carboxylic acids is 1. The molecular formula is C20H26N4O4. The zero-order chi connectivity index (χ0) is 19.9. The maximum absolute atomic E-state index is 11.7. The lowest BCUT2D eigenvalue weighted by molar-refractivity contribution is -0.384. The van der Waals surface area contributed by atoms with Crippen LogP contribution in [0.25, 0.3) is 11.3 Å². The zero-order valence-electron chi connectivity index (χ0n) is 15.8. The van der Waals surface area contributed by atoms with Crippen molar-refractivity contribution in [3.63, 3.8) is 0 Å². The molecule has 2 heterocycles. The largest absolute Gasteiger partial charge is 0.460 e. The third-order valence-corrected chi connectivity index (χ3v) is 5.04. The van der Waals surface area contributed by atoms with Gasteiger partial charge in [-0.1, -0.05) is 6.42 Å². The quantitative estimate of drug-likeness (QED) is 0.532. The summed E-state index contributed by atoms with van der Waals surface area (Å²) in [4.78, 5) is 24.4. The van der Waals surface area contributed by atoms with E-state index in [4.69, 9.17) is 10.2 Å². The Kier molecular flexibility index (Phi) is 6.78. The molecule has 1 saturated heterocycles. The lowest BCUT2D eigenvalue weighted by atomic mass is 10.0. The second kappa shape index (κ2) is 9.48. The van der Waals surface area contributed by atoms with Crippen LogP contribution in [0.4, 0.5) is 5.69 Å². The topological polar surface area (TPSA) is 115 Å². The van der Waals surface area contributed by atoms with E-state index in [2.05, 4.69) is 10.2 Å². The molecule has 1 unspecified atom stereocenters. The molecule has 2 aromatic rings. The molecule has 1 amide bonds. The van der Waals surface area contributed by atoms with E-state index >= 15 is 0 Å². The van der Waals surface area contributed by atoms with E-state index in [9.17, 15) is 14.9 Å². The molecule has 1 aromatic carbocycles. The van der Waals surface area contributed by atoms with Crippen molar-refractivity contribution < 1.29 is 14.1 Å². The molecule has 1 atom stereocenters. The summed E-state index contributed by atoms with van der Waals surface area (Å²) in [5, 5.41) is 13.7. The number of benzene rings is 1. The fraction of sp³-hybridized carbons (Fsp3) is 0.450. The fourth-order valence-corrected chi connectivity index (χ4v) is 3.52. The molecule has 0 bridgehead atoms. The third-order valence-electron chi connectivity index (χ3n) is 5.04. The predicted octanol–water partition coefficient (Wildman–Crippen LogP) is 2.67. The van der Waals surface area contributed by atoms with Gasteiger partial charge in [-0.05, 0) is 43.7 Å². The highest BCUT2D eigenvalue weighted by Crippen LogP contribution is 2.26. The Morgan fingerprint density at radius 3 is 2.75 bits per heavy atom. The van der Waals surface area contributed by atoms with Gasteiger partial charge in [0.15, 0.2) is 0 Å². The summed E-state index contributed by atoms with van der Waals surface area (Å²) in [6, 6.07) is 10.4. The normalized spacial score (nSPS) is 17.4. The molecule has 8 nitrogen and oxygen atoms in total. The number of nitro groups is 1. The maximum Gasteiger partial charge on any atom is 0.269 e. The van der Waals surface area contributed by atoms with E-state index in [-0.39, 0.29) is 17.6 Å². The van der Waals surface area contributed by atoms with Crippen molar-refractivity contribution >= 4 is 11.6 Å². The summed E-state index contributed by atoms with van der Waals surface area (Å²) in [6.45, 7) is 2.61. The summed E-state index contributed by atoms with van der Waals surface area (Å²) < 4.78 is 5.97. The van der Waals surface area contributed by atoms with Crippen LogP contribution in [0, 0.1) is 10.1 Å². The van der Waals surface area contributed by atoms with Gasteiger partial charge in [-0.3, -0.25) is 19.8 Å². The van der Waals surface area contributed by atoms with Gasteiger partial charge in [0.1, 0.15) is 11.5 Å². The van der Waals surface area contributed by atoms with E-state index < -0.39 is 4.92 Å². The number of nitrogens with zero attached hydrogens (tertiary/aromatic N) is 2. The molecule has 1 aromatic heterocycles. The highest BCUT2D eigenvalue weighted by molar-refractivity contribution is 5.76. The van der Waals surface area contributed by atoms with Gasteiger partial charge in [-0.2, -0.15) is 0 Å². The van der Waals surface area contributed by atoms with Crippen molar-refractivity contribution in [3.8, 4) is 11.3 Å². The minimum absolute atomic E-state index is 0.00789. The van der Waals surface area contributed by atoms with Gasteiger partial charge in [-0.25, -0.2) is 0 Å². The molecule has 0 radical (unpaired) electrons. The monoisotopic (exact) mass is 386 g/mol. The molecule has 150 valence electrons. The average molecular weight is 386 g/mol. The van der Waals surface area contributed by atoms with Crippen LogP contribution in [0.3, 0.4) is 0 Å². The lowest BCUT2D eigenvalue weighted by Crippen LogP contribution is -2.46. The first-order valence-corrected chi connectivity index (χ1v) is 9.61. The first kappa shape index (κ1) is 20.0.